The van der Waals surface area contributed by atoms with Gasteiger partial charge in [0.05, 0.1) is 5.60 Å². The van der Waals surface area contributed by atoms with Gasteiger partial charge in [0, 0.05) is 19.1 Å². The summed E-state index contributed by atoms with van der Waals surface area (Å²) in [6.07, 6.45) is 4.62. The number of nitrogens with zero attached hydrogens (tertiary/aromatic N) is 1. The number of likely N-dealkylation sites (tertiary alicyclic amines) is 1. The highest BCUT2D eigenvalue weighted by Crippen LogP contribution is 2.34. The summed E-state index contributed by atoms with van der Waals surface area (Å²) in [7, 11) is 0. The van der Waals surface area contributed by atoms with Gasteiger partial charge in [-0.25, -0.2) is 0 Å². The molecule has 2 fully saturated rings. The molecule has 0 aromatic carbocycles. The molecule has 2 nitrogen and oxygen atoms in total. The normalized spacial score (nSPS) is 39.8. The summed E-state index contributed by atoms with van der Waals surface area (Å²) in [5.41, 5.74) is -0.345. The van der Waals surface area contributed by atoms with Gasteiger partial charge >= 0.3 is 0 Å². The van der Waals surface area contributed by atoms with Crippen LogP contribution in [-0.2, 0) is 0 Å². The van der Waals surface area contributed by atoms with E-state index in [-0.39, 0.29) is 5.60 Å². The molecule has 1 N–H and O–H groups in total. The van der Waals surface area contributed by atoms with E-state index in [1.165, 1.54) is 12.8 Å². The van der Waals surface area contributed by atoms with E-state index in [1.54, 1.807) is 0 Å². The van der Waals surface area contributed by atoms with E-state index < -0.39 is 0 Å². The third-order valence-corrected chi connectivity index (χ3v) is 3.08. The van der Waals surface area contributed by atoms with Crippen molar-refractivity contribution in [3.8, 4) is 0 Å². The average molecular weight is 155 g/mol. The molecule has 1 unspecified atom stereocenters. The van der Waals surface area contributed by atoms with Crippen LogP contribution in [-0.4, -0.2) is 34.7 Å². The Bertz CT molecular complexity index is 156. The summed E-state index contributed by atoms with van der Waals surface area (Å²) in [5.74, 6) is 0. The van der Waals surface area contributed by atoms with Gasteiger partial charge < -0.3 is 5.11 Å². The van der Waals surface area contributed by atoms with E-state index in [0.29, 0.717) is 0 Å². The minimum Gasteiger partial charge on any atom is -0.389 e. The summed E-state index contributed by atoms with van der Waals surface area (Å²) in [4.78, 5) is 2.45. The Morgan fingerprint density at radius 1 is 1.55 bits per heavy atom. The highest BCUT2D eigenvalue weighted by molar-refractivity contribution is 4.95. The van der Waals surface area contributed by atoms with Gasteiger partial charge in [-0.3, -0.25) is 4.90 Å². The van der Waals surface area contributed by atoms with Crippen molar-refractivity contribution in [1.29, 1.82) is 0 Å². The first kappa shape index (κ1) is 7.56. The lowest BCUT2D eigenvalue weighted by Gasteiger charge is -2.21. The first-order chi connectivity index (χ1) is 5.23. The predicted octanol–water partition coefficient (Wildman–Crippen LogP) is 0.996. The highest BCUT2D eigenvalue weighted by Gasteiger charge is 2.40. The van der Waals surface area contributed by atoms with Crippen LogP contribution in [0.5, 0.6) is 0 Å². The van der Waals surface area contributed by atoms with Crippen LogP contribution in [0.3, 0.4) is 0 Å². The van der Waals surface area contributed by atoms with Gasteiger partial charge in [-0.05, 0) is 25.7 Å². The predicted molar refractivity (Wildman–Crippen MR) is 44.5 cm³/mol. The van der Waals surface area contributed by atoms with Crippen LogP contribution in [0.4, 0.5) is 0 Å². The quantitative estimate of drug-likeness (QED) is 0.643. The minimum atomic E-state index is -0.345. The molecule has 0 aromatic rings. The first-order valence-corrected chi connectivity index (χ1v) is 4.70. The van der Waals surface area contributed by atoms with Gasteiger partial charge in [0.2, 0.25) is 0 Å². The molecular formula is C9H17NO. The van der Waals surface area contributed by atoms with E-state index in [9.17, 15) is 5.11 Å². The largest absolute Gasteiger partial charge is 0.389 e. The van der Waals surface area contributed by atoms with Crippen LogP contribution in [0.2, 0.25) is 0 Å². The van der Waals surface area contributed by atoms with E-state index in [2.05, 4.69) is 11.8 Å². The topological polar surface area (TPSA) is 23.5 Å². The lowest BCUT2D eigenvalue weighted by molar-refractivity contribution is 0.0446. The second-order valence-corrected chi connectivity index (χ2v) is 4.03. The molecule has 64 valence electrons. The van der Waals surface area contributed by atoms with Gasteiger partial charge in [-0.1, -0.05) is 6.92 Å². The van der Waals surface area contributed by atoms with E-state index in [1.807, 2.05) is 0 Å². The van der Waals surface area contributed by atoms with Crippen LogP contribution in [0.1, 0.15) is 32.6 Å². The molecule has 1 saturated carbocycles. The van der Waals surface area contributed by atoms with Crippen molar-refractivity contribution in [2.75, 3.05) is 13.1 Å². The highest BCUT2D eigenvalue weighted by atomic mass is 16.3. The molecule has 11 heavy (non-hydrogen) atoms. The van der Waals surface area contributed by atoms with Crippen molar-refractivity contribution < 1.29 is 5.11 Å². The monoisotopic (exact) mass is 155 g/mol. The third-order valence-electron chi connectivity index (χ3n) is 3.08. The number of β-amino-alcohol motifs (C(OH)–C–C–N with tert-alkyl or cyclic N) is 1. The van der Waals surface area contributed by atoms with E-state index >= 15 is 0 Å². The van der Waals surface area contributed by atoms with Crippen molar-refractivity contribution >= 4 is 0 Å². The molecule has 1 aliphatic heterocycles. The van der Waals surface area contributed by atoms with Crippen LogP contribution in [0.25, 0.3) is 0 Å². The van der Waals surface area contributed by atoms with Crippen LogP contribution < -0.4 is 0 Å². The summed E-state index contributed by atoms with van der Waals surface area (Å²) in [5, 5.41) is 9.91. The molecule has 1 saturated heterocycles. The van der Waals surface area contributed by atoms with Crippen LogP contribution in [0.15, 0.2) is 0 Å². The Morgan fingerprint density at radius 2 is 2.27 bits per heavy atom. The van der Waals surface area contributed by atoms with E-state index in [4.69, 9.17) is 0 Å². The molecular weight excluding hydrogens is 138 g/mol. The Morgan fingerprint density at radius 3 is 2.73 bits per heavy atom. The lowest BCUT2D eigenvalue weighted by Crippen LogP contribution is -2.33. The summed E-state index contributed by atoms with van der Waals surface area (Å²) in [6, 6.07) is 0.829. The standard InChI is InChI=1S/C9H17NO/c1-2-9(11)5-6-10(7-9)8-3-4-8/h8,11H,2-7H2,1H3. The number of hydrogen-bond donors (Lipinski definition) is 1. The van der Waals surface area contributed by atoms with Gasteiger partial charge in [-0.2, -0.15) is 0 Å². The molecule has 1 heterocycles. The SMILES string of the molecule is CCC1(O)CCN(C2CC2)C1. The fourth-order valence-electron chi connectivity index (χ4n) is 1.93. The maximum atomic E-state index is 9.91. The van der Waals surface area contributed by atoms with Gasteiger partial charge in [-0.15, -0.1) is 0 Å². The Hall–Kier alpha value is -0.0800. The second kappa shape index (κ2) is 2.46. The average Bonchev–Trinajstić information content (AvgIpc) is 2.77. The number of hydrogen-bond acceptors (Lipinski definition) is 2. The maximum absolute atomic E-state index is 9.91. The molecule has 2 heteroatoms. The molecule has 0 aromatic heterocycles. The van der Waals surface area contributed by atoms with Crippen molar-refractivity contribution in [3.05, 3.63) is 0 Å². The van der Waals surface area contributed by atoms with Gasteiger partial charge in [0.25, 0.3) is 0 Å². The summed E-state index contributed by atoms with van der Waals surface area (Å²) in [6.45, 7) is 4.12. The fraction of sp³-hybridized carbons (Fsp3) is 1.00. The molecule has 1 atom stereocenters. The van der Waals surface area contributed by atoms with Crippen molar-refractivity contribution in [3.63, 3.8) is 0 Å². The zero-order valence-corrected chi connectivity index (χ0v) is 7.21. The van der Waals surface area contributed by atoms with Crippen molar-refractivity contribution in [1.82, 2.24) is 4.90 Å². The summed E-state index contributed by atoms with van der Waals surface area (Å²) >= 11 is 0. The Kier molecular flexibility index (Phi) is 1.69. The number of aliphatic hydroxyl groups is 1. The number of rotatable bonds is 2. The molecule has 0 bridgehead atoms. The smallest absolute Gasteiger partial charge is 0.0783 e. The molecule has 0 spiro atoms. The van der Waals surface area contributed by atoms with Crippen LogP contribution in [0, 0.1) is 0 Å². The van der Waals surface area contributed by atoms with Crippen molar-refractivity contribution in [2.24, 2.45) is 0 Å². The maximum Gasteiger partial charge on any atom is 0.0783 e. The zero-order chi connectivity index (χ0) is 7.90. The minimum absolute atomic E-state index is 0.345. The fourth-order valence-corrected chi connectivity index (χ4v) is 1.93. The molecule has 2 aliphatic rings. The Labute approximate surface area is 68.2 Å². The van der Waals surface area contributed by atoms with Gasteiger partial charge in [0.1, 0.15) is 0 Å². The van der Waals surface area contributed by atoms with E-state index in [0.717, 1.165) is 32.0 Å². The summed E-state index contributed by atoms with van der Waals surface area (Å²) < 4.78 is 0. The lowest BCUT2D eigenvalue weighted by atomic mass is 10.0. The van der Waals surface area contributed by atoms with Crippen LogP contribution >= 0.6 is 0 Å². The first-order valence-electron chi connectivity index (χ1n) is 4.70. The molecule has 2 rings (SSSR count). The zero-order valence-electron chi connectivity index (χ0n) is 7.21. The van der Waals surface area contributed by atoms with Gasteiger partial charge in [0.15, 0.2) is 0 Å². The Balaban J connectivity index is 1.91. The molecule has 0 amide bonds. The second-order valence-electron chi connectivity index (χ2n) is 4.03. The molecule has 0 radical (unpaired) electrons. The molecule has 1 aliphatic carbocycles. The third kappa shape index (κ3) is 1.42. The van der Waals surface area contributed by atoms with Crippen molar-refractivity contribution in [2.45, 2.75) is 44.2 Å².